The molecule has 0 bridgehead atoms. The zero-order chi connectivity index (χ0) is 12.8. The Labute approximate surface area is 113 Å². The lowest BCUT2D eigenvalue weighted by molar-refractivity contribution is 0.121. The van der Waals surface area contributed by atoms with Crippen LogP contribution < -0.4 is 5.32 Å². The molecule has 0 radical (unpaired) electrons. The summed E-state index contributed by atoms with van der Waals surface area (Å²) in [7, 11) is 0. The van der Waals surface area contributed by atoms with Crippen molar-refractivity contribution in [2.75, 3.05) is 19.8 Å². The Morgan fingerprint density at radius 3 is 2.67 bits per heavy atom. The SMILES string of the molecule is CC(C)CC1CCCC(NCCOCC2CC2)C1. The van der Waals surface area contributed by atoms with Gasteiger partial charge < -0.3 is 10.1 Å². The summed E-state index contributed by atoms with van der Waals surface area (Å²) in [6.45, 7) is 7.65. The highest BCUT2D eigenvalue weighted by atomic mass is 16.5. The van der Waals surface area contributed by atoms with E-state index < -0.39 is 0 Å². The zero-order valence-corrected chi connectivity index (χ0v) is 12.3. The molecule has 2 heteroatoms. The highest BCUT2D eigenvalue weighted by molar-refractivity contribution is 4.78. The topological polar surface area (TPSA) is 21.3 Å². The molecule has 18 heavy (non-hydrogen) atoms. The lowest BCUT2D eigenvalue weighted by atomic mass is 9.81. The van der Waals surface area contributed by atoms with Gasteiger partial charge in [0, 0.05) is 19.2 Å². The second kappa shape index (κ2) is 7.49. The molecule has 0 aliphatic heterocycles. The van der Waals surface area contributed by atoms with Gasteiger partial charge >= 0.3 is 0 Å². The van der Waals surface area contributed by atoms with E-state index in [1.54, 1.807) is 0 Å². The minimum atomic E-state index is 0.757. The molecule has 0 amide bonds. The van der Waals surface area contributed by atoms with Crippen LogP contribution >= 0.6 is 0 Å². The summed E-state index contributed by atoms with van der Waals surface area (Å²) < 4.78 is 5.68. The van der Waals surface area contributed by atoms with Crippen LogP contribution in [-0.4, -0.2) is 25.8 Å². The molecule has 2 saturated carbocycles. The van der Waals surface area contributed by atoms with E-state index in [2.05, 4.69) is 19.2 Å². The summed E-state index contributed by atoms with van der Waals surface area (Å²) in [5.74, 6) is 2.72. The van der Waals surface area contributed by atoms with Crippen LogP contribution in [0.4, 0.5) is 0 Å². The molecule has 2 aliphatic carbocycles. The molecule has 2 nitrogen and oxygen atoms in total. The maximum absolute atomic E-state index is 5.68. The smallest absolute Gasteiger partial charge is 0.0591 e. The van der Waals surface area contributed by atoms with Gasteiger partial charge in [0.25, 0.3) is 0 Å². The standard InChI is InChI=1S/C16H31NO/c1-13(2)10-15-4-3-5-16(11-15)17-8-9-18-12-14-6-7-14/h13-17H,3-12H2,1-2H3. The average molecular weight is 253 g/mol. The quantitative estimate of drug-likeness (QED) is 0.667. The van der Waals surface area contributed by atoms with Gasteiger partial charge in [0.1, 0.15) is 0 Å². The van der Waals surface area contributed by atoms with E-state index in [-0.39, 0.29) is 0 Å². The van der Waals surface area contributed by atoms with Crippen molar-refractivity contribution in [3.8, 4) is 0 Å². The minimum Gasteiger partial charge on any atom is -0.380 e. The van der Waals surface area contributed by atoms with Crippen LogP contribution in [0.1, 0.15) is 58.8 Å². The fourth-order valence-electron chi connectivity index (χ4n) is 3.23. The third kappa shape index (κ3) is 5.71. The van der Waals surface area contributed by atoms with E-state index >= 15 is 0 Å². The molecule has 0 heterocycles. The fourth-order valence-corrected chi connectivity index (χ4v) is 3.23. The molecule has 1 N–H and O–H groups in total. The summed E-state index contributed by atoms with van der Waals surface area (Å²) >= 11 is 0. The monoisotopic (exact) mass is 253 g/mol. The summed E-state index contributed by atoms with van der Waals surface area (Å²) in [5, 5.41) is 3.69. The van der Waals surface area contributed by atoms with Crippen LogP contribution in [0.25, 0.3) is 0 Å². The van der Waals surface area contributed by atoms with Gasteiger partial charge in [0.2, 0.25) is 0 Å². The van der Waals surface area contributed by atoms with E-state index in [0.29, 0.717) is 0 Å². The lowest BCUT2D eigenvalue weighted by Gasteiger charge is -2.30. The summed E-state index contributed by atoms with van der Waals surface area (Å²) in [5.41, 5.74) is 0. The molecule has 0 aromatic heterocycles. The number of ether oxygens (including phenoxy) is 1. The van der Waals surface area contributed by atoms with E-state index in [1.165, 1.54) is 44.9 Å². The van der Waals surface area contributed by atoms with Crippen LogP contribution in [-0.2, 0) is 4.74 Å². The van der Waals surface area contributed by atoms with Crippen molar-refractivity contribution in [1.82, 2.24) is 5.32 Å². The summed E-state index contributed by atoms with van der Waals surface area (Å²) in [6, 6.07) is 0.757. The van der Waals surface area contributed by atoms with Crippen LogP contribution in [0.3, 0.4) is 0 Å². The highest BCUT2D eigenvalue weighted by Crippen LogP contribution is 2.29. The molecular formula is C16H31NO. The van der Waals surface area contributed by atoms with Gasteiger partial charge in [-0.15, -0.1) is 0 Å². The van der Waals surface area contributed by atoms with Crippen LogP contribution in [0.2, 0.25) is 0 Å². The number of hydrogen-bond donors (Lipinski definition) is 1. The van der Waals surface area contributed by atoms with Crippen molar-refractivity contribution in [3.05, 3.63) is 0 Å². The Bertz CT molecular complexity index is 225. The predicted molar refractivity (Wildman–Crippen MR) is 76.7 cm³/mol. The second-order valence-electron chi connectivity index (χ2n) is 6.83. The van der Waals surface area contributed by atoms with Gasteiger partial charge in [0.05, 0.1) is 6.61 Å². The number of rotatable bonds is 8. The number of hydrogen-bond acceptors (Lipinski definition) is 2. The van der Waals surface area contributed by atoms with Gasteiger partial charge in [0.15, 0.2) is 0 Å². The Kier molecular flexibility index (Phi) is 5.97. The van der Waals surface area contributed by atoms with Crippen molar-refractivity contribution in [3.63, 3.8) is 0 Å². The van der Waals surface area contributed by atoms with Crippen molar-refractivity contribution < 1.29 is 4.74 Å². The first-order valence-corrected chi connectivity index (χ1v) is 8.05. The van der Waals surface area contributed by atoms with E-state index in [0.717, 1.165) is 43.6 Å². The van der Waals surface area contributed by atoms with E-state index in [4.69, 9.17) is 4.74 Å². The first kappa shape index (κ1) is 14.3. The molecule has 0 spiro atoms. The van der Waals surface area contributed by atoms with E-state index in [9.17, 15) is 0 Å². The molecule has 106 valence electrons. The summed E-state index contributed by atoms with van der Waals surface area (Å²) in [4.78, 5) is 0. The number of nitrogens with one attached hydrogen (secondary N) is 1. The second-order valence-corrected chi connectivity index (χ2v) is 6.83. The largest absolute Gasteiger partial charge is 0.380 e. The van der Waals surface area contributed by atoms with Gasteiger partial charge in [-0.3, -0.25) is 0 Å². The van der Waals surface area contributed by atoms with Crippen molar-refractivity contribution in [2.45, 2.75) is 64.8 Å². The third-order valence-corrected chi connectivity index (χ3v) is 4.32. The van der Waals surface area contributed by atoms with Crippen molar-refractivity contribution in [1.29, 1.82) is 0 Å². The lowest BCUT2D eigenvalue weighted by Crippen LogP contribution is -2.36. The summed E-state index contributed by atoms with van der Waals surface area (Å²) in [6.07, 6.45) is 9.83. The Hall–Kier alpha value is -0.0800. The Morgan fingerprint density at radius 2 is 1.94 bits per heavy atom. The first-order chi connectivity index (χ1) is 8.74. The molecule has 0 aromatic rings. The molecule has 2 aliphatic rings. The molecule has 2 atom stereocenters. The van der Waals surface area contributed by atoms with Crippen LogP contribution in [0.5, 0.6) is 0 Å². The third-order valence-electron chi connectivity index (χ3n) is 4.32. The van der Waals surface area contributed by atoms with Gasteiger partial charge in [-0.05, 0) is 49.9 Å². The average Bonchev–Trinajstić information content (AvgIpc) is 3.12. The highest BCUT2D eigenvalue weighted by Gasteiger charge is 2.23. The molecule has 2 rings (SSSR count). The zero-order valence-electron chi connectivity index (χ0n) is 12.3. The van der Waals surface area contributed by atoms with E-state index in [1.807, 2.05) is 0 Å². The molecule has 0 aromatic carbocycles. The maximum Gasteiger partial charge on any atom is 0.0591 e. The normalized spacial score (nSPS) is 28.8. The van der Waals surface area contributed by atoms with Crippen LogP contribution in [0.15, 0.2) is 0 Å². The van der Waals surface area contributed by atoms with Gasteiger partial charge in [-0.2, -0.15) is 0 Å². The van der Waals surface area contributed by atoms with Crippen molar-refractivity contribution in [2.24, 2.45) is 17.8 Å². The Morgan fingerprint density at radius 1 is 1.11 bits per heavy atom. The predicted octanol–water partition coefficient (Wildman–Crippen LogP) is 3.61. The first-order valence-electron chi connectivity index (χ1n) is 8.05. The van der Waals surface area contributed by atoms with Gasteiger partial charge in [-0.25, -0.2) is 0 Å². The molecule has 2 unspecified atom stereocenters. The molecule has 0 saturated heterocycles. The van der Waals surface area contributed by atoms with Crippen molar-refractivity contribution >= 4 is 0 Å². The Balaban J connectivity index is 1.51. The maximum atomic E-state index is 5.68. The fraction of sp³-hybridized carbons (Fsp3) is 1.00. The molecule has 2 fully saturated rings. The minimum absolute atomic E-state index is 0.757. The van der Waals surface area contributed by atoms with Gasteiger partial charge in [-0.1, -0.05) is 26.7 Å². The van der Waals surface area contributed by atoms with Crippen LogP contribution in [0, 0.1) is 17.8 Å². The molecular weight excluding hydrogens is 222 g/mol.